The largest absolute Gasteiger partial charge is 0.280 e. The molecule has 17 heavy (non-hydrogen) atoms. The Morgan fingerprint density at radius 2 is 1.82 bits per heavy atom. The van der Waals surface area contributed by atoms with Gasteiger partial charge in [-0.2, -0.15) is 0 Å². The van der Waals surface area contributed by atoms with Crippen LogP contribution in [0.15, 0.2) is 24.3 Å². The van der Waals surface area contributed by atoms with E-state index in [-0.39, 0.29) is 16.5 Å². The van der Waals surface area contributed by atoms with Crippen LogP contribution < -0.4 is 0 Å². The molecule has 1 heterocycles. The third-order valence-corrected chi connectivity index (χ3v) is 2.52. The van der Waals surface area contributed by atoms with Gasteiger partial charge in [0.25, 0.3) is 6.43 Å². The summed E-state index contributed by atoms with van der Waals surface area (Å²) in [5.41, 5.74) is -2.68. The van der Waals surface area contributed by atoms with E-state index in [2.05, 4.69) is 4.98 Å². The molecule has 1 atom stereocenters. The van der Waals surface area contributed by atoms with Gasteiger partial charge in [0.1, 0.15) is 11.5 Å². The summed E-state index contributed by atoms with van der Waals surface area (Å²) in [6.45, 7) is 0. The Bertz CT molecular complexity index is 556. The van der Waals surface area contributed by atoms with Gasteiger partial charge >= 0.3 is 0 Å². The van der Waals surface area contributed by atoms with Crippen LogP contribution in [0.5, 0.6) is 0 Å². The van der Waals surface area contributed by atoms with Gasteiger partial charge in [-0.15, -0.1) is 0 Å². The lowest BCUT2D eigenvalue weighted by Gasteiger charge is -2.09. The van der Waals surface area contributed by atoms with E-state index in [0.717, 1.165) is 18.2 Å². The maximum Gasteiger partial charge on any atom is 0.280 e. The first-order valence-electron chi connectivity index (χ1n) is 4.65. The van der Waals surface area contributed by atoms with E-state index in [9.17, 15) is 17.6 Å². The predicted octanol–water partition coefficient (Wildman–Crippen LogP) is 4.52. The van der Waals surface area contributed by atoms with Crippen molar-refractivity contribution in [3.05, 3.63) is 41.3 Å². The van der Waals surface area contributed by atoms with Crippen LogP contribution in [0.2, 0.25) is 0 Å². The molecule has 0 fully saturated rings. The molecule has 0 aliphatic heterocycles. The van der Waals surface area contributed by atoms with Crippen molar-refractivity contribution in [1.82, 2.24) is 4.98 Å². The first kappa shape index (κ1) is 12.1. The van der Waals surface area contributed by atoms with E-state index in [4.69, 9.17) is 11.6 Å². The summed E-state index contributed by atoms with van der Waals surface area (Å²) in [5.74, 6) is -0.609. The van der Waals surface area contributed by atoms with Gasteiger partial charge in [-0.3, -0.25) is 0 Å². The molecule has 0 saturated carbocycles. The highest BCUT2D eigenvalue weighted by Crippen LogP contribution is 2.32. The van der Waals surface area contributed by atoms with E-state index in [0.29, 0.717) is 0 Å². The van der Waals surface area contributed by atoms with Gasteiger partial charge in [-0.25, -0.2) is 22.5 Å². The fraction of sp³-hybridized carbons (Fsp3) is 0.182. The average molecular weight is 264 g/mol. The minimum absolute atomic E-state index is 0.0856. The van der Waals surface area contributed by atoms with Crippen molar-refractivity contribution in [3.63, 3.8) is 0 Å². The van der Waals surface area contributed by atoms with E-state index < -0.39 is 23.6 Å². The van der Waals surface area contributed by atoms with Crippen LogP contribution in [0.3, 0.4) is 0 Å². The molecule has 2 rings (SSSR count). The molecule has 2 aromatic rings. The number of halogens is 5. The van der Waals surface area contributed by atoms with Crippen molar-refractivity contribution in [3.8, 4) is 0 Å². The molecule has 0 spiro atoms. The SMILES string of the molecule is Fc1ccc2nc(C(F)F)cc(C(F)Cl)c2c1. The molecule has 0 amide bonds. The van der Waals surface area contributed by atoms with Crippen molar-refractivity contribution in [1.29, 1.82) is 0 Å². The summed E-state index contributed by atoms with van der Waals surface area (Å²) in [4.78, 5) is 3.62. The van der Waals surface area contributed by atoms with Crippen molar-refractivity contribution >= 4 is 22.5 Å². The monoisotopic (exact) mass is 263 g/mol. The zero-order valence-corrected chi connectivity index (χ0v) is 9.06. The Kier molecular flexibility index (Phi) is 3.19. The van der Waals surface area contributed by atoms with Crippen LogP contribution in [-0.2, 0) is 0 Å². The van der Waals surface area contributed by atoms with Gasteiger partial charge in [-0.1, -0.05) is 11.6 Å². The van der Waals surface area contributed by atoms with E-state index in [1.165, 1.54) is 6.07 Å². The molecular weight excluding hydrogens is 258 g/mol. The highest BCUT2D eigenvalue weighted by Gasteiger charge is 2.17. The highest BCUT2D eigenvalue weighted by molar-refractivity contribution is 6.20. The smallest absolute Gasteiger partial charge is 0.247 e. The third kappa shape index (κ3) is 2.34. The van der Waals surface area contributed by atoms with Crippen molar-refractivity contribution in [2.45, 2.75) is 12.1 Å². The third-order valence-electron chi connectivity index (χ3n) is 2.28. The first-order chi connectivity index (χ1) is 7.99. The van der Waals surface area contributed by atoms with Crippen molar-refractivity contribution < 1.29 is 17.6 Å². The molecule has 1 unspecified atom stereocenters. The molecule has 0 bridgehead atoms. The lowest BCUT2D eigenvalue weighted by molar-refractivity contribution is 0.146. The summed E-state index contributed by atoms with van der Waals surface area (Å²) in [7, 11) is 0. The van der Waals surface area contributed by atoms with Crippen LogP contribution in [0.1, 0.15) is 23.3 Å². The van der Waals surface area contributed by atoms with Crippen molar-refractivity contribution in [2.75, 3.05) is 0 Å². The zero-order valence-electron chi connectivity index (χ0n) is 8.30. The minimum Gasteiger partial charge on any atom is -0.247 e. The number of fused-ring (bicyclic) bond motifs is 1. The maximum absolute atomic E-state index is 13.1. The number of benzene rings is 1. The minimum atomic E-state index is -2.83. The number of rotatable bonds is 2. The molecule has 1 nitrogen and oxygen atoms in total. The molecular formula is C11H6ClF4N. The quantitative estimate of drug-likeness (QED) is 0.573. The summed E-state index contributed by atoms with van der Waals surface area (Å²) >= 11 is 5.25. The molecule has 0 aliphatic rings. The van der Waals surface area contributed by atoms with Crippen LogP contribution in [0, 0.1) is 5.82 Å². The first-order valence-corrected chi connectivity index (χ1v) is 5.09. The van der Waals surface area contributed by atoms with Crippen LogP contribution >= 0.6 is 11.6 Å². The van der Waals surface area contributed by atoms with Gasteiger partial charge in [0.15, 0.2) is 5.63 Å². The van der Waals surface area contributed by atoms with E-state index in [1.807, 2.05) is 0 Å². The van der Waals surface area contributed by atoms with Crippen LogP contribution in [0.25, 0.3) is 10.9 Å². The summed E-state index contributed by atoms with van der Waals surface area (Å²) in [6, 6.07) is 4.14. The normalized spacial score (nSPS) is 13.3. The number of hydrogen-bond acceptors (Lipinski definition) is 1. The van der Waals surface area contributed by atoms with Crippen LogP contribution in [-0.4, -0.2) is 4.98 Å². The Morgan fingerprint density at radius 1 is 1.12 bits per heavy atom. The Balaban J connectivity index is 2.76. The fourth-order valence-corrected chi connectivity index (χ4v) is 1.72. The topological polar surface area (TPSA) is 12.9 Å². The Morgan fingerprint density at radius 3 is 2.41 bits per heavy atom. The second-order valence-electron chi connectivity index (χ2n) is 3.40. The Hall–Kier alpha value is -1.36. The fourth-order valence-electron chi connectivity index (χ4n) is 1.54. The molecule has 0 N–H and O–H groups in total. The van der Waals surface area contributed by atoms with E-state index >= 15 is 0 Å². The zero-order chi connectivity index (χ0) is 12.6. The van der Waals surface area contributed by atoms with Gasteiger partial charge in [0.05, 0.1) is 5.52 Å². The second-order valence-corrected chi connectivity index (χ2v) is 3.78. The number of pyridine rings is 1. The number of nitrogens with zero attached hydrogens (tertiary/aromatic N) is 1. The number of aromatic nitrogens is 1. The van der Waals surface area contributed by atoms with Crippen LogP contribution in [0.4, 0.5) is 17.6 Å². The van der Waals surface area contributed by atoms with E-state index in [1.54, 1.807) is 0 Å². The summed E-state index contributed by atoms with van der Waals surface area (Å²) < 4.78 is 51.1. The molecule has 1 aromatic carbocycles. The molecule has 6 heteroatoms. The lowest BCUT2D eigenvalue weighted by atomic mass is 10.1. The average Bonchev–Trinajstić information content (AvgIpc) is 2.27. The molecule has 0 saturated heterocycles. The number of alkyl halides is 4. The summed E-state index contributed by atoms with van der Waals surface area (Å²) in [5, 5.41) is 0.0944. The number of hydrogen-bond donors (Lipinski definition) is 0. The molecule has 1 aromatic heterocycles. The van der Waals surface area contributed by atoms with Gasteiger partial charge < -0.3 is 0 Å². The molecule has 0 aliphatic carbocycles. The lowest BCUT2D eigenvalue weighted by Crippen LogP contribution is -1.96. The van der Waals surface area contributed by atoms with Gasteiger partial charge in [0.2, 0.25) is 0 Å². The highest BCUT2D eigenvalue weighted by atomic mass is 35.5. The maximum atomic E-state index is 13.1. The molecule has 90 valence electrons. The van der Waals surface area contributed by atoms with Crippen molar-refractivity contribution in [2.24, 2.45) is 0 Å². The van der Waals surface area contributed by atoms with Gasteiger partial charge in [-0.05, 0) is 24.3 Å². The standard InChI is InChI=1S/C11H6ClF4N/c12-10(14)7-4-9(11(15)16)17-8-2-1-5(13)3-6(7)8/h1-4,10-11H. The second kappa shape index (κ2) is 4.49. The van der Waals surface area contributed by atoms with Gasteiger partial charge in [0, 0.05) is 10.9 Å². The predicted molar refractivity (Wildman–Crippen MR) is 56.4 cm³/mol. The molecule has 0 radical (unpaired) electrons. The Labute approximate surface area is 99.0 Å². The summed E-state index contributed by atoms with van der Waals surface area (Å²) in [6.07, 6.45) is -2.83.